The lowest BCUT2D eigenvalue weighted by Crippen LogP contribution is -2.38. The highest BCUT2D eigenvalue weighted by molar-refractivity contribution is 14.0. The van der Waals surface area contributed by atoms with E-state index in [9.17, 15) is 8.42 Å². The van der Waals surface area contributed by atoms with Crippen molar-refractivity contribution in [2.24, 2.45) is 4.99 Å². The van der Waals surface area contributed by atoms with Gasteiger partial charge in [-0.05, 0) is 23.8 Å². The van der Waals surface area contributed by atoms with Gasteiger partial charge in [-0.1, -0.05) is 18.2 Å². The van der Waals surface area contributed by atoms with E-state index in [4.69, 9.17) is 0 Å². The molecule has 2 rings (SSSR count). The maximum absolute atomic E-state index is 12.4. The summed E-state index contributed by atoms with van der Waals surface area (Å²) in [6.07, 6.45) is 4.00. The highest BCUT2D eigenvalue weighted by Crippen LogP contribution is 2.18. The van der Waals surface area contributed by atoms with Gasteiger partial charge in [-0.3, -0.25) is 4.99 Å². The van der Waals surface area contributed by atoms with E-state index < -0.39 is 10.0 Å². The summed E-state index contributed by atoms with van der Waals surface area (Å²) in [6, 6.07) is 10.9. The van der Waals surface area contributed by atoms with E-state index in [-0.39, 0.29) is 24.0 Å². The molecule has 0 aliphatic rings. The molecule has 0 bridgehead atoms. The van der Waals surface area contributed by atoms with Gasteiger partial charge in [0.2, 0.25) is 10.0 Å². The third-order valence-corrected chi connectivity index (χ3v) is 5.65. The SMILES string of the molecule is CN=C(NCCn1cccc1)NCc1ccccc1S(=O)(=O)N(C)C.I. The van der Waals surface area contributed by atoms with E-state index in [1.54, 1.807) is 25.2 Å². The van der Waals surface area contributed by atoms with Crippen LogP contribution in [0, 0.1) is 0 Å². The topological polar surface area (TPSA) is 78.7 Å². The minimum absolute atomic E-state index is 0. The third-order valence-electron chi connectivity index (χ3n) is 3.73. The molecule has 1 aromatic heterocycles. The second-order valence-corrected chi connectivity index (χ2v) is 7.79. The average molecular weight is 491 g/mol. The lowest BCUT2D eigenvalue weighted by atomic mass is 10.2. The predicted molar refractivity (Wildman–Crippen MR) is 115 cm³/mol. The Kier molecular flexibility index (Phi) is 9.09. The number of rotatable bonds is 7. The van der Waals surface area contributed by atoms with Crippen LogP contribution in [0.15, 0.2) is 58.7 Å². The number of nitrogens with zero attached hydrogens (tertiary/aromatic N) is 3. The van der Waals surface area contributed by atoms with Crippen LogP contribution in [0.2, 0.25) is 0 Å². The van der Waals surface area contributed by atoms with Crippen molar-refractivity contribution in [3.8, 4) is 0 Å². The lowest BCUT2D eigenvalue weighted by Gasteiger charge is -2.17. The first-order chi connectivity index (χ1) is 11.9. The van der Waals surface area contributed by atoms with Crippen molar-refractivity contribution >= 4 is 40.0 Å². The van der Waals surface area contributed by atoms with Gasteiger partial charge in [0, 0.05) is 53.2 Å². The van der Waals surface area contributed by atoms with E-state index in [0.717, 1.165) is 6.54 Å². The number of sulfonamides is 1. The van der Waals surface area contributed by atoms with Crippen molar-refractivity contribution < 1.29 is 8.42 Å². The van der Waals surface area contributed by atoms with Crippen LogP contribution in [-0.4, -0.2) is 50.9 Å². The van der Waals surface area contributed by atoms with E-state index in [1.807, 2.05) is 30.6 Å². The van der Waals surface area contributed by atoms with Crippen LogP contribution in [0.25, 0.3) is 0 Å². The van der Waals surface area contributed by atoms with Gasteiger partial charge in [0.15, 0.2) is 5.96 Å². The third kappa shape index (κ3) is 5.99. The molecule has 144 valence electrons. The summed E-state index contributed by atoms with van der Waals surface area (Å²) in [4.78, 5) is 4.48. The maximum atomic E-state index is 12.4. The van der Waals surface area contributed by atoms with Gasteiger partial charge in [-0.25, -0.2) is 12.7 Å². The fourth-order valence-corrected chi connectivity index (χ4v) is 3.44. The van der Waals surface area contributed by atoms with Crippen molar-refractivity contribution in [3.63, 3.8) is 0 Å². The second-order valence-electron chi connectivity index (χ2n) is 5.67. The van der Waals surface area contributed by atoms with Crippen molar-refractivity contribution in [2.75, 3.05) is 27.7 Å². The summed E-state index contributed by atoms with van der Waals surface area (Å²) in [5.74, 6) is 0.629. The summed E-state index contributed by atoms with van der Waals surface area (Å²) in [6.45, 7) is 1.90. The van der Waals surface area contributed by atoms with E-state index in [0.29, 0.717) is 29.5 Å². The number of nitrogens with one attached hydrogen (secondary N) is 2. The van der Waals surface area contributed by atoms with Gasteiger partial charge in [-0.15, -0.1) is 24.0 Å². The zero-order chi connectivity index (χ0) is 18.3. The Labute approximate surface area is 172 Å². The van der Waals surface area contributed by atoms with Gasteiger partial charge in [0.1, 0.15) is 0 Å². The number of hydrogen-bond donors (Lipinski definition) is 2. The summed E-state index contributed by atoms with van der Waals surface area (Å²) < 4.78 is 28.1. The molecular weight excluding hydrogens is 465 g/mol. The summed E-state index contributed by atoms with van der Waals surface area (Å²) >= 11 is 0. The first-order valence-corrected chi connectivity index (χ1v) is 9.45. The molecular formula is C17H26IN5O2S. The molecule has 0 aliphatic carbocycles. The predicted octanol–water partition coefficient (Wildman–Crippen LogP) is 1.72. The molecule has 0 radical (unpaired) electrons. The number of halogens is 1. The Morgan fingerprint density at radius 2 is 1.77 bits per heavy atom. The normalized spacial score (nSPS) is 11.9. The number of guanidine groups is 1. The molecule has 9 heteroatoms. The molecule has 7 nitrogen and oxygen atoms in total. The van der Waals surface area contributed by atoms with Crippen LogP contribution in [0.4, 0.5) is 0 Å². The van der Waals surface area contributed by atoms with Crippen LogP contribution in [0.5, 0.6) is 0 Å². The van der Waals surface area contributed by atoms with Crippen LogP contribution in [0.3, 0.4) is 0 Å². The molecule has 1 aromatic carbocycles. The number of benzene rings is 1. The molecule has 1 heterocycles. The Morgan fingerprint density at radius 3 is 2.38 bits per heavy atom. The van der Waals surface area contributed by atoms with Gasteiger partial charge in [0.25, 0.3) is 0 Å². The summed E-state index contributed by atoms with van der Waals surface area (Å²) in [5.41, 5.74) is 0.699. The Morgan fingerprint density at radius 1 is 1.12 bits per heavy atom. The molecule has 0 amide bonds. The molecule has 0 saturated heterocycles. The lowest BCUT2D eigenvalue weighted by molar-refractivity contribution is 0.519. The van der Waals surface area contributed by atoms with Crippen LogP contribution < -0.4 is 10.6 Å². The maximum Gasteiger partial charge on any atom is 0.242 e. The smallest absolute Gasteiger partial charge is 0.242 e. The first kappa shape index (κ1) is 22.5. The molecule has 0 fully saturated rings. The number of aromatic nitrogens is 1. The van der Waals surface area contributed by atoms with Crippen molar-refractivity contribution in [2.45, 2.75) is 18.0 Å². The van der Waals surface area contributed by atoms with Crippen molar-refractivity contribution in [3.05, 3.63) is 54.4 Å². The number of aliphatic imine (C=N–C) groups is 1. The highest BCUT2D eigenvalue weighted by atomic mass is 127. The molecule has 2 aromatic rings. The van der Waals surface area contributed by atoms with Gasteiger partial charge in [0.05, 0.1) is 4.90 Å². The largest absolute Gasteiger partial charge is 0.355 e. The molecule has 0 saturated carbocycles. The molecule has 0 unspecified atom stereocenters. The minimum Gasteiger partial charge on any atom is -0.355 e. The van der Waals surface area contributed by atoms with Gasteiger partial charge < -0.3 is 15.2 Å². The molecule has 0 atom stereocenters. The van der Waals surface area contributed by atoms with Crippen LogP contribution in [-0.2, 0) is 23.1 Å². The summed E-state index contributed by atoms with van der Waals surface area (Å²) in [5, 5.41) is 6.38. The number of hydrogen-bond acceptors (Lipinski definition) is 3. The van der Waals surface area contributed by atoms with Crippen molar-refractivity contribution in [1.82, 2.24) is 19.5 Å². The molecule has 0 spiro atoms. The van der Waals surface area contributed by atoms with E-state index in [2.05, 4.69) is 20.2 Å². The average Bonchev–Trinajstić information content (AvgIpc) is 3.11. The van der Waals surface area contributed by atoms with Crippen LogP contribution >= 0.6 is 24.0 Å². The van der Waals surface area contributed by atoms with E-state index >= 15 is 0 Å². The standard InChI is InChI=1S/C17H25N5O2S.HI/c1-18-17(19-10-13-22-11-6-7-12-22)20-14-15-8-4-5-9-16(15)25(23,24)21(2)3;/h4-9,11-12H,10,13-14H2,1-3H3,(H2,18,19,20);1H. The molecule has 26 heavy (non-hydrogen) atoms. The molecule has 0 aliphatic heterocycles. The minimum atomic E-state index is -3.48. The zero-order valence-corrected chi connectivity index (χ0v) is 18.4. The Hall–Kier alpha value is -1.59. The van der Waals surface area contributed by atoms with E-state index in [1.165, 1.54) is 18.4 Å². The fraction of sp³-hybridized carbons (Fsp3) is 0.353. The summed E-state index contributed by atoms with van der Waals surface area (Å²) in [7, 11) is 1.27. The molecule has 2 N–H and O–H groups in total. The zero-order valence-electron chi connectivity index (χ0n) is 15.2. The first-order valence-electron chi connectivity index (χ1n) is 8.01. The van der Waals surface area contributed by atoms with Crippen LogP contribution in [0.1, 0.15) is 5.56 Å². The van der Waals surface area contributed by atoms with Crippen molar-refractivity contribution in [1.29, 1.82) is 0 Å². The Bertz CT molecular complexity index is 804. The van der Waals surface area contributed by atoms with Gasteiger partial charge >= 0.3 is 0 Å². The van der Waals surface area contributed by atoms with Gasteiger partial charge in [-0.2, -0.15) is 0 Å². The monoisotopic (exact) mass is 491 g/mol. The quantitative estimate of drug-likeness (QED) is 0.352. The highest BCUT2D eigenvalue weighted by Gasteiger charge is 2.20. The fourth-order valence-electron chi connectivity index (χ4n) is 2.32. The Balaban J connectivity index is 0.00000338. The second kappa shape index (κ2) is 10.5.